The normalized spacial score (nSPS) is 13.2. The lowest BCUT2D eigenvalue weighted by molar-refractivity contribution is 0.249. The molecule has 7 heteroatoms. The fourth-order valence-corrected chi connectivity index (χ4v) is 0.591. The Balaban J connectivity index is 4.52. The van der Waals surface area contributed by atoms with E-state index in [0.717, 1.165) is 12.5 Å². The van der Waals surface area contributed by atoms with E-state index in [-0.39, 0.29) is 0 Å². The molecule has 0 fully saturated rings. The number of urea groups is 1. The third kappa shape index (κ3) is 3.88. The largest absolute Gasteiger partial charge is 0.350 e. The van der Waals surface area contributed by atoms with E-state index in [2.05, 4.69) is 5.10 Å². The fourth-order valence-electron chi connectivity index (χ4n) is 0.347. The molecule has 13 heavy (non-hydrogen) atoms. The van der Waals surface area contributed by atoms with Gasteiger partial charge in [-0.1, -0.05) is 0 Å². The molecule has 0 saturated heterocycles. The molecular weight excluding hydrogens is 194 g/mol. The van der Waals surface area contributed by atoms with E-state index < -0.39 is 20.6 Å². The Bertz CT molecular complexity index is 318. The van der Waals surface area contributed by atoms with Crippen LogP contribution in [-0.4, -0.2) is 31.7 Å². The summed E-state index contributed by atoms with van der Waals surface area (Å²) in [6, 6.07) is -0.833. The van der Waals surface area contributed by atoms with Crippen LogP contribution in [0, 0.1) is 0 Å². The first-order chi connectivity index (χ1) is 5.67. The van der Waals surface area contributed by atoms with Crippen molar-refractivity contribution in [3.8, 4) is 0 Å². The van der Waals surface area contributed by atoms with Gasteiger partial charge in [0.15, 0.2) is 9.84 Å². The lowest BCUT2D eigenvalue weighted by atomic mass is 10.2. The molecule has 0 rings (SSSR count). The number of hydrogen-bond donors (Lipinski definition) is 2. The highest BCUT2D eigenvalue weighted by Crippen LogP contribution is 2.11. The minimum absolute atomic E-state index is 0.833. The highest BCUT2D eigenvalue weighted by molar-refractivity contribution is 7.92. The monoisotopic (exact) mass is 207 g/mol. The van der Waals surface area contributed by atoms with E-state index in [0.29, 0.717) is 0 Å². The van der Waals surface area contributed by atoms with Gasteiger partial charge in [-0.15, -0.1) is 0 Å². The molecule has 0 radical (unpaired) electrons. The average molecular weight is 207 g/mol. The zero-order chi connectivity index (χ0) is 10.7. The third-order valence-corrected chi connectivity index (χ3v) is 3.52. The summed E-state index contributed by atoms with van der Waals surface area (Å²) >= 11 is 0. The summed E-state index contributed by atoms with van der Waals surface area (Å²) in [6.45, 7) is 2.93. The van der Waals surface area contributed by atoms with Crippen LogP contribution in [0.4, 0.5) is 4.79 Å². The molecule has 0 saturated carbocycles. The molecule has 0 aliphatic rings. The SMILES string of the molecule is CC(C)(/C=N/NC(N)=O)S(C)(=O)=O. The Morgan fingerprint density at radius 1 is 1.54 bits per heavy atom. The second kappa shape index (κ2) is 3.73. The first kappa shape index (κ1) is 11.9. The molecule has 0 aliphatic heterocycles. The lowest BCUT2D eigenvalue weighted by Gasteiger charge is -2.15. The predicted molar refractivity (Wildman–Crippen MR) is 50.1 cm³/mol. The molecule has 0 heterocycles. The molecule has 6 nitrogen and oxygen atoms in total. The van der Waals surface area contributed by atoms with Crippen molar-refractivity contribution in [3.05, 3.63) is 0 Å². The van der Waals surface area contributed by atoms with Crippen LogP contribution in [-0.2, 0) is 9.84 Å². The van der Waals surface area contributed by atoms with Crippen LogP contribution in [0.5, 0.6) is 0 Å². The Hall–Kier alpha value is -1.11. The Morgan fingerprint density at radius 3 is 2.31 bits per heavy atom. The zero-order valence-electron chi connectivity index (χ0n) is 7.73. The highest BCUT2D eigenvalue weighted by Gasteiger charge is 2.27. The van der Waals surface area contributed by atoms with Crippen molar-refractivity contribution in [3.63, 3.8) is 0 Å². The van der Waals surface area contributed by atoms with Crippen LogP contribution in [0.3, 0.4) is 0 Å². The van der Waals surface area contributed by atoms with Crippen LogP contribution in [0.25, 0.3) is 0 Å². The smallest absolute Gasteiger partial charge is 0.332 e. The second-order valence-corrected chi connectivity index (χ2v) is 5.71. The molecule has 2 amide bonds. The van der Waals surface area contributed by atoms with Crippen molar-refractivity contribution in [1.82, 2.24) is 5.43 Å². The standard InChI is InChI=1S/C6H13N3O3S/c1-6(2,13(3,11)12)4-8-9-5(7)10/h4H,1-3H3,(H3,7,9,10)/b8-4+. The molecule has 0 atom stereocenters. The first-order valence-electron chi connectivity index (χ1n) is 3.46. The second-order valence-electron chi connectivity index (χ2n) is 3.11. The third-order valence-electron chi connectivity index (χ3n) is 1.51. The van der Waals surface area contributed by atoms with E-state index in [4.69, 9.17) is 5.73 Å². The fraction of sp³-hybridized carbons (Fsp3) is 0.667. The van der Waals surface area contributed by atoms with Gasteiger partial charge in [0.05, 0.1) is 0 Å². The van der Waals surface area contributed by atoms with Crippen molar-refractivity contribution in [2.24, 2.45) is 10.8 Å². The average Bonchev–Trinajstić information content (AvgIpc) is 1.82. The van der Waals surface area contributed by atoms with Gasteiger partial charge in [-0.05, 0) is 13.8 Å². The van der Waals surface area contributed by atoms with Gasteiger partial charge < -0.3 is 5.73 Å². The number of primary amides is 1. The number of hydrogen-bond acceptors (Lipinski definition) is 4. The van der Waals surface area contributed by atoms with Gasteiger partial charge in [-0.2, -0.15) is 5.10 Å². The van der Waals surface area contributed by atoms with E-state index >= 15 is 0 Å². The van der Waals surface area contributed by atoms with Gasteiger partial charge in [0, 0.05) is 12.5 Å². The Labute approximate surface area is 77.1 Å². The molecule has 76 valence electrons. The van der Waals surface area contributed by atoms with Gasteiger partial charge in [0.2, 0.25) is 0 Å². The van der Waals surface area contributed by atoms with Crippen molar-refractivity contribution in [2.45, 2.75) is 18.6 Å². The zero-order valence-corrected chi connectivity index (χ0v) is 8.55. The Kier molecular flexibility index (Phi) is 3.42. The van der Waals surface area contributed by atoms with Crippen molar-refractivity contribution in [1.29, 1.82) is 0 Å². The summed E-state index contributed by atoms with van der Waals surface area (Å²) in [5.41, 5.74) is 6.64. The number of amides is 2. The van der Waals surface area contributed by atoms with E-state index in [9.17, 15) is 13.2 Å². The summed E-state index contributed by atoms with van der Waals surface area (Å²) in [6.07, 6.45) is 2.20. The summed E-state index contributed by atoms with van der Waals surface area (Å²) in [5.74, 6) is 0. The molecule has 0 unspecified atom stereocenters. The number of sulfone groups is 1. The minimum atomic E-state index is -3.24. The number of carbonyl (C=O) groups is 1. The lowest BCUT2D eigenvalue weighted by Crippen LogP contribution is -2.34. The van der Waals surface area contributed by atoms with Crippen LogP contribution in [0.1, 0.15) is 13.8 Å². The van der Waals surface area contributed by atoms with Crippen LogP contribution < -0.4 is 11.2 Å². The van der Waals surface area contributed by atoms with Crippen LogP contribution in [0.2, 0.25) is 0 Å². The predicted octanol–water partition coefficient (Wildman–Crippen LogP) is -0.536. The van der Waals surface area contributed by atoms with Crippen molar-refractivity contribution < 1.29 is 13.2 Å². The molecular formula is C6H13N3O3S. The summed E-state index contributed by atoms with van der Waals surface area (Å²) < 4.78 is 21.1. The van der Waals surface area contributed by atoms with Gasteiger partial charge in [0.1, 0.15) is 4.75 Å². The molecule has 0 aromatic carbocycles. The van der Waals surface area contributed by atoms with Crippen LogP contribution >= 0.6 is 0 Å². The molecule has 0 aliphatic carbocycles. The van der Waals surface area contributed by atoms with Gasteiger partial charge in [0.25, 0.3) is 0 Å². The van der Waals surface area contributed by atoms with Crippen molar-refractivity contribution in [2.75, 3.05) is 6.26 Å². The maximum Gasteiger partial charge on any atom is 0.332 e. The summed E-state index contributed by atoms with van der Waals surface area (Å²) in [7, 11) is -3.24. The Morgan fingerprint density at radius 2 is 2.00 bits per heavy atom. The van der Waals surface area contributed by atoms with Crippen LogP contribution in [0.15, 0.2) is 5.10 Å². The van der Waals surface area contributed by atoms with E-state index in [1.54, 1.807) is 0 Å². The molecule has 3 N–H and O–H groups in total. The quantitative estimate of drug-likeness (QED) is 0.480. The summed E-state index contributed by atoms with van der Waals surface area (Å²) in [4.78, 5) is 10.2. The van der Waals surface area contributed by atoms with E-state index in [1.165, 1.54) is 13.8 Å². The first-order valence-corrected chi connectivity index (χ1v) is 5.35. The number of rotatable bonds is 3. The number of nitrogens with two attached hydrogens (primary N) is 1. The van der Waals surface area contributed by atoms with Gasteiger partial charge in [-0.3, -0.25) is 0 Å². The molecule has 0 spiro atoms. The number of hydrazone groups is 1. The summed E-state index contributed by atoms with van der Waals surface area (Å²) in [5, 5.41) is 3.38. The molecule has 0 bridgehead atoms. The van der Waals surface area contributed by atoms with E-state index in [1.807, 2.05) is 5.43 Å². The van der Waals surface area contributed by atoms with Crippen molar-refractivity contribution >= 4 is 22.1 Å². The van der Waals surface area contributed by atoms with Gasteiger partial charge in [-0.25, -0.2) is 18.6 Å². The topological polar surface area (TPSA) is 102 Å². The number of nitrogens with zero attached hydrogens (tertiary/aromatic N) is 1. The number of carbonyl (C=O) groups excluding carboxylic acids is 1. The highest BCUT2D eigenvalue weighted by atomic mass is 32.2. The molecule has 0 aromatic heterocycles. The minimum Gasteiger partial charge on any atom is -0.350 e. The van der Waals surface area contributed by atoms with Gasteiger partial charge >= 0.3 is 6.03 Å². The maximum absolute atomic E-state index is 11.1. The number of nitrogens with one attached hydrogen (secondary N) is 1. The maximum atomic E-state index is 11.1. The molecule has 0 aromatic rings.